The zero-order valence-corrected chi connectivity index (χ0v) is 5.15. The van der Waals surface area contributed by atoms with Crippen LogP contribution >= 0.6 is 0 Å². The molecule has 0 aromatic heterocycles. The van der Waals surface area contributed by atoms with Crippen LogP contribution in [0.15, 0.2) is 0 Å². The van der Waals surface area contributed by atoms with Crippen molar-refractivity contribution < 1.29 is 0 Å². The fourth-order valence-corrected chi connectivity index (χ4v) is 0.891. The quantitative estimate of drug-likeness (QED) is 0.468. The molecule has 0 saturated carbocycles. The summed E-state index contributed by atoms with van der Waals surface area (Å²) >= 11 is 0. The van der Waals surface area contributed by atoms with Crippen LogP contribution in [0.5, 0.6) is 0 Å². The molecule has 0 spiro atoms. The molecule has 1 heteroatoms. The van der Waals surface area contributed by atoms with Crippen LogP contribution < -0.4 is 0 Å². The van der Waals surface area contributed by atoms with Crippen LogP contribution in [0, 0.1) is 0 Å². The van der Waals surface area contributed by atoms with Crippen LogP contribution in [0.3, 0.4) is 0 Å². The van der Waals surface area contributed by atoms with Crippen molar-refractivity contribution in [1.29, 1.82) is 0 Å². The first kappa shape index (κ1) is 5.10. The highest BCUT2D eigenvalue weighted by Crippen LogP contribution is 2.14. The SMILES string of the molecule is CCCN1CC1C. The van der Waals surface area contributed by atoms with Gasteiger partial charge in [0, 0.05) is 12.6 Å². The summed E-state index contributed by atoms with van der Waals surface area (Å²) in [6.45, 7) is 7.15. The topological polar surface area (TPSA) is 3.01 Å². The minimum Gasteiger partial charge on any atom is -0.298 e. The van der Waals surface area contributed by atoms with Gasteiger partial charge in [-0.05, 0) is 19.9 Å². The summed E-state index contributed by atoms with van der Waals surface area (Å²) in [6.07, 6.45) is 1.31. The molecular weight excluding hydrogens is 86.1 g/mol. The summed E-state index contributed by atoms with van der Waals surface area (Å²) in [6, 6.07) is 0.903. The minimum atomic E-state index is 0.903. The molecule has 7 heavy (non-hydrogen) atoms. The molecule has 0 N–H and O–H groups in total. The number of nitrogens with zero attached hydrogens (tertiary/aromatic N) is 1. The van der Waals surface area contributed by atoms with Crippen LogP contribution in [0.1, 0.15) is 20.3 Å². The van der Waals surface area contributed by atoms with E-state index in [1.54, 1.807) is 0 Å². The average Bonchev–Trinajstić information content (AvgIpc) is 2.22. The third-order valence-corrected chi connectivity index (χ3v) is 1.50. The van der Waals surface area contributed by atoms with E-state index in [1.807, 2.05) is 0 Å². The van der Waals surface area contributed by atoms with Crippen LogP contribution in [-0.2, 0) is 0 Å². The van der Waals surface area contributed by atoms with Gasteiger partial charge in [-0.2, -0.15) is 0 Å². The van der Waals surface area contributed by atoms with Crippen molar-refractivity contribution in [1.82, 2.24) is 4.90 Å². The predicted molar refractivity (Wildman–Crippen MR) is 31.3 cm³/mol. The van der Waals surface area contributed by atoms with E-state index in [4.69, 9.17) is 0 Å². The van der Waals surface area contributed by atoms with Crippen molar-refractivity contribution >= 4 is 0 Å². The molecule has 1 fully saturated rings. The normalized spacial score (nSPS) is 38.6. The van der Waals surface area contributed by atoms with Crippen molar-refractivity contribution in [2.45, 2.75) is 26.3 Å². The van der Waals surface area contributed by atoms with Gasteiger partial charge in [-0.25, -0.2) is 0 Å². The summed E-state index contributed by atoms with van der Waals surface area (Å²) in [7, 11) is 0. The summed E-state index contributed by atoms with van der Waals surface area (Å²) in [4.78, 5) is 2.47. The molecule has 0 amide bonds. The van der Waals surface area contributed by atoms with Gasteiger partial charge in [0.15, 0.2) is 0 Å². The Bertz CT molecular complexity index is 61.2. The molecule has 1 aliphatic rings. The van der Waals surface area contributed by atoms with Crippen LogP contribution in [-0.4, -0.2) is 24.0 Å². The Kier molecular flexibility index (Phi) is 1.33. The maximum absolute atomic E-state index is 2.47. The summed E-state index contributed by atoms with van der Waals surface area (Å²) < 4.78 is 0. The smallest absolute Gasteiger partial charge is 0.0195 e. The van der Waals surface area contributed by atoms with Crippen molar-refractivity contribution in [3.8, 4) is 0 Å². The fourth-order valence-electron chi connectivity index (χ4n) is 0.891. The average molecular weight is 99.2 g/mol. The van der Waals surface area contributed by atoms with Gasteiger partial charge < -0.3 is 0 Å². The lowest BCUT2D eigenvalue weighted by atomic mass is 10.5. The molecule has 1 saturated heterocycles. The summed E-state index contributed by atoms with van der Waals surface area (Å²) in [5.74, 6) is 0. The summed E-state index contributed by atoms with van der Waals surface area (Å²) in [5, 5.41) is 0. The first-order chi connectivity index (χ1) is 3.34. The van der Waals surface area contributed by atoms with Crippen molar-refractivity contribution in [3.05, 3.63) is 0 Å². The Labute approximate surface area is 45.3 Å². The zero-order chi connectivity index (χ0) is 5.28. The fraction of sp³-hybridized carbons (Fsp3) is 1.00. The third kappa shape index (κ3) is 1.16. The van der Waals surface area contributed by atoms with E-state index in [9.17, 15) is 0 Å². The minimum absolute atomic E-state index is 0.903. The predicted octanol–water partition coefficient (Wildman–Crippen LogP) is 1.10. The second-order valence-electron chi connectivity index (χ2n) is 2.34. The Morgan fingerprint density at radius 1 is 1.71 bits per heavy atom. The first-order valence-corrected chi connectivity index (χ1v) is 3.08. The van der Waals surface area contributed by atoms with E-state index < -0.39 is 0 Å². The van der Waals surface area contributed by atoms with Gasteiger partial charge in [0.25, 0.3) is 0 Å². The highest BCUT2D eigenvalue weighted by Gasteiger charge is 2.26. The van der Waals surface area contributed by atoms with E-state index in [2.05, 4.69) is 18.7 Å². The van der Waals surface area contributed by atoms with Gasteiger partial charge in [-0.1, -0.05) is 6.92 Å². The second-order valence-corrected chi connectivity index (χ2v) is 2.34. The van der Waals surface area contributed by atoms with Gasteiger partial charge >= 0.3 is 0 Å². The molecule has 1 nitrogen and oxygen atoms in total. The highest BCUT2D eigenvalue weighted by molar-refractivity contribution is 4.83. The van der Waals surface area contributed by atoms with Gasteiger partial charge in [0.05, 0.1) is 0 Å². The molecule has 0 aromatic rings. The lowest BCUT2D eigenvalue weighted by Gasteiger charge is -1.92. The molecule has 0 bridgehead atoms. The number of rotatable bonds is 2. The summed E-state index contributed by atoms with van der Waals surface area (Å²) in [5.41, 5.74) is 0. The standard InChI is InChI=1S/C6H13N/c1-3-4-7-5-6(7)2/h6H,3-5H2,1-2H3. The maximum Gasteiger partial charge on any atom is 0.0195 e. The van der Waals surface area contributed by atoms with E-state index in [-0.39, 0.29) is 0 Å². The lowest BCUT2D eigenvalue weighted by Crippen LogP contribution is -1.98. The van der Waals surface area contributed by atoms with Crippen molar-refractivity contribution in [2.24, 2.45) is 0 Å². The highest BCUT2D eigenvalue weighted by atomic mass is 15.3. The van der Waals surface area contributed by atoms with Crippen LogP contribution in [0.4, 0.5) is 0 Å². The Hall–Kier alpha value is -0.0400. The molecule has 1 heterocycles. The van der Waals surface area contributed by atoms with Crippen LogP contribution in [0.25, 0.3) is 0 Å². The van der Waals surface area contributed by atoms with Crippen LogP contribution in [0.2, 0.25) is 0 Å². The lowest BCUT2D eigenvalue weighted by molar-refractivity contribution is 0.514. The molecule has 0 radical (unpaired) electrons. The Balaban J connectivity index is 1.98. The van der Waals surface area contributed by atoms with Crippen molar-refractivity contribution in [2.75, 3.05) is 13.1 Å². The monoisotopic (exact) mass is 99.1 g/mol. The molecule has 2 atom stereocenters. The van der Waals surface area contributed by atoms with Crippen molar-refractivity contribution in [3.63, 3.8) is 0 Å². The van der Waals surface area contributed by atoms with Gasteiger partial charge in [0.2, 0.25) is 0 Å². The molecule has 1 aliphatic heterocycles. The van der Waals surface area contributed by atoms with E-state index in [0.717, 1.165) is 6.04 Å². The molecular formula is C6H13N. The number of hydrogen-bond acceptors (Lipinski definition) is 1. The Morgan fingerprint density at radius 2 is 2.29 bits per heavy atom. The first-order valence-electron chi connectivity index (χ1n) is 3.08. The molecule has 42 valence electrons. The molecule has 0 aromatic carbocycles. The van der Waals surface area contributed by atoms with E-state index >= 15 is 0 Å². The van der Waals surface area contributed by atoms with E-state index in [1.165, 1.54) is 19.5 Å². The van der Waals surface area contributed by atoms with Gasteiger partial charge in [-0.15, -0.1) is 0 Å². The largest absolute Gasteiger partial charge is 0.298 e. The van der Waals surface area contributed by atoms with Gasteiger partial charge in [0.1, 0.15) is 0 Å². The molecule has 1 rings (SSSR count). The Morgan fingerprint density at radius 3 is 2.43 bits per heavy atom. The van der Waals surface area contributed by atoms with Gasteiger partial charge in [-0.3, -0.25) is 4.90 Å². The molecule has 0 aliphatic carbocycles. The number of hydrogen-bond donors (Lipinski definition) is 0. The zero-order valence-electron chi connectivity index (χ0n) is 5.15. The maximum atomic E-state index is 2.47. The third-order valence-electron chi connectivity index (χ3n) is 1.50. The van der Waals surface area contributed by atoms with E-state index in [0.29, 0.717) is 0 Å². The molecule has 2 unspecified atom stereocenters. The second kappa shape index (κ2) is 1.83.